The number of thiophene rings is 1. The number of carbonyl (C=O) groups is 2. The lowest BCUT2D eigenvalue weighted by Crippen LogP contribution is -2.35. The zero-order chi connectivity index (χ0) is 27.8. The zero-order valence-corrected chi connectivity index (χ0v) is 20.7. The van der Waals surface area contributed by atoms with Crippen molar-refractivity contribution in [2.75, 3.05) is 26.2 Å². The number of hydrogen-bond donors (Lipinski definition) is 2. The predicted octanol–water partition coefficient (Wildman–Crippen LogP) is 4.25. The first-order valence-electron chi connectivity index (χ1n) is 11.3. The quantitative estimate of drug-likeness (QED) is 0.542. The highest BCUT2D eigenvalue weighted by molar-refractivity contribution is 7.11. The highest BCUT2D eigenvalue weighted by Crippen LogP contribution is 2.23. The molecule has 2 N–H and O–H groups in total. The number of likely N-dealkylation sites (tertiary alicyclic amines) is 1. The Morgan fingerprint density at radius 1 is 1.00 bits per heavy atom. The molecule has 0 aliphatic carbocycles. The maximum atomic E-state index is 10.6. The minimum absolute atomic E-state index is 0.699. The molecule has 4 rings (SSSR count). The number of rotatable bonds is 4. The van der Waals surface area contributed by atoms with E-state index in [2.05, 4.69) is 44.6 Å². The van der Waals surface area contributed by atoms with E-state index in [0.29, 0.717) is 5.92 Å². The molecule has 0 spiro atoms. The number of fused-ring (bicyclic) bond motifs is 1. The normalized spacial score (nSPS) is 18.6. The van der Waals surface area contributed by atoms with Crippen molar-refractivity contribution in [3.05, 3.63) is 40.1 Å². The van der Waals surface area contributed by atoms with Gasteiger partial charge in [-0.05, 0) is 45.0 Å². The van der Waals surface area contributed by atoms with Gasteiger partial charge in [-0.3, -0.25) is 4.90 Å². The van der Waals surface area contributed by atoms with E-state index in [1.165, 1.54) is 54.6 Å². The Hall–Kier alpha value is -2.65. The van der Waals surface area contributed by atoms with Crippen LogP contribution in [0.4, 0.5) is 26.3 Å². The number of alkyl halides is 6. The van der Waals surface area contributed by atoms with Crippen molar-refractivity contribution >= 4 is 23.3 Å². The van der Waals surface area contributed by atoms with E-state index in [0.717, 1.165) is 19.6 Å². The average molecular weight is 559 g/mol. The Labute approximate surface area is 213 Å². The monoisotopic (exact) mass is 558 g/mol. The van der Waals surface area contributed by atoms with E-state index in [4.69, 9.17) is 19.8 Å². The third kappa shape index (κ3) is 10.7. The first kappa shape index (κ1) is 30.6. The van der Waals surface area contributed by atoms with Crippen LogP contribution < -0.4 is 0 Å². The van der Waals surface area contributed by atoms with E-state index >= 15 is 0 Å². The van der Waals surface area contributed by atoms with Crippen molar-refractivity contribution in [3.8, 4) is 0 Å². The number of hydrogen-bond acceptors (Lipinski definition) is 6. The van der Waals surface area contributed by atoms with Gasteiger partial charge in [-0.1, -0.05) is 0 Å². The van der Waals surface area contributed by atoms with E-state index in [1.54, 1.807) is 0 Å². The van der Waals surface area contributed by atoms with Crippen molar-refractivity contribution in [2.45, 2.75) is 51.8 Å². The minimum atomic E-state index is -5.08. The molecule has 2 aromatic heterocycles. The maximum Gasteiger partial charge on any atom is 0.490 e. The molecule has 15 heteroatoms. The molecular formula is C22H28F6N4O4S. The summed E-state index contributed by atoms with van der Waals surface area (Å²) in [5.41, 5.74) is 0. The molecule has 0 aromatic carbocycles. The van der Waals surface area contributed by atoms with Crippen molar-refractivity contribution in [1.29, 1.82) is 0 Å². The standard InChI is InChI=1S/C18H26N4S.2C2HF3O2/c1-15-4-5-17(23-15)13-21-11-16(10-20-7-2-3-8-20)12-22-9-6-19-18(22)14-21;2*3-2(4,5)1(6)7/h4-6,9,16H,2-3,7-8,10-14H2,1H3;2*(H,6,7). The van der Waals surface area contributed by atoms with Crippen LogP contribution in [0.1, 0.15) is 28.4 Å². The molecule has 1 atom stereocenters. The Morgan fingerprint density at radius 2 is 1.57 bits per heavy atom. The van der Waals surface area contributed by atoms with Crippen molar-refractivity contribution < 1.29 is 46.1 Å². The molecule has 0 bridgehead atoms. The van der Waals surface area contributed by atoms with E-state index in [-0.39, 0.29) is 0 Å². The number of nitrogens with zero attached hydrogens (tertiary/aromatic N) is 4. The maximum absolute atomic E-state index is 10.6. The van der Waals surface area contributed by atoms with E-state index in [1.807, 2.05) is 17.5 Å². The van der Waals surface area contributed by atoms with Gasteiger partial charge in [0.1, 0.15) is 5.82 Å². The van der Waals surface area contributed by atoms with E-state index in [9.17, 15) is 26.3 Å². The topological polar surface area (TPSA) is 98.9 Å². The first-order valence-corrected chi connectivity index (χ1v) is 12.1. The number of aliphatic carboxylic acids is 2. The van der Waals surface area contributed by atoms with Gasteiger partial charge in [0.15, 0.2) is 0 Å². The molecular weight excluding hydrogens is 530 g/mol. The fourth-order valence-electron chi connectivity index (χ4n) is 3.98. The van der Waals surface area contributed by atoms with Gasteiger partial charge in [-0.15, -0.1) is 11.3 Å². The second kappa shape index (κ2) is 13.2. The summed E-state index contributed by atoms with van der Waals surface area (Å²) in [6, 6.07) is 4.52. The summed E-state index contributed by atoms with van der Waals surface area (Å²) in [6.07, 6.45) is -3.30. The van der Waals surface area contributed by atoms with Crippen LogP contribution in [0.3, 0.4) is 0 Å². The van der Waals surface area contributed by atoms with Gasteiger partial charge in [0.25, 0.3) is 0 Å². The van der Waals surface area contributed by atoms with Crippen LogP contribution in [0.25, 0.3) is 0 Å². The number of carboxylic acid groups (broad SMARTS) is 2. The van der Waals surface area contributed by atoms with Crippen molar-refractivity contribution in [2.24, 2.45) is 5.92 Å². The molecule has 1 saturated heterocycles. The SMILES string of the molecule is Cc1ccc(CN2Cc3nccn3CC(CN3CCCC3)C2)s1.O=C(O)C(F)(F)F.O=C(O)C(F)(F)F. The molecule has 4 heterocycles. The van der Waals surface area contributed by atoms with Gasteiger partial charge in [0, 0.05) is 54.2 Å². The fourth-order valence-corrected chi connectivity index (χ4v) is 4.91. The van der Waals surface area contributed by atoms with Crippen LogP contribution in [0.15, 0.2) is 24.5 Å². The molecule has 0 radical (unpaired) electrons. The fraction of sp³-hybridized carbons (Fsp3) is 0.591. The molecule has 2 aliphatic rings. The lowest BCUT2D eigenvalue weighted by Gasteiger charge is -2.26. The summed E-state index contributed by atoms with van der Waals surface area (Å²) in [5.74, 6) is -3.59. The number of halogens is 6. The Morgan fingerprint density at radius 3 is 2.05 bits per heavy atom. The summed E-state index contributed by atoms with van der Waals surface area (Å²) in [7, 11) is 0. The van der Waals surface area contributed by atoms with Gasteiger partial charge < -0.3 is 19.7 Å². The molecule has 37 heavy (non-hydrogen) atoms. The van der Waals surface area contributed by atoms with Crippen LogP contribution in [0, 0.1) is 12.8 Å². The Bertz CT molecular complexity index is 993. The van der Waals surface area contributed by atoms with Gasteiger partial charge >= 0.3 is 24.3 Å². The molecule has 2 aliphatic heterocycles. The first-order chi connectivity index (χ1) is 17.1. The van der Waals surface area contributed by atoms with Crippen LogP contribution in [-0.4, -0.2) is 80.0 Å². The minimum Gasteiger partial charge on any atom is -0.475 e. The molecule has 1 fully saturated rings. The van der Waals surface area contributed by atoms with Crippen LogP contribution in [-0.2, 0) is 29.2 Å². The molecule has 208 valence electrons. The lowest BCUT2D eigenvalue weighted by molar-refractivity contribution is -0.193. The van der Waals surface area contributed by atoms with Crippen molar-refractivity contribution in [3.63, 3.8) is 0 Å². The molecule has 2 aromatic rings. The highest BCUT2D eigenvalue weighted by atomic mass is 32.1. The predicted molar refractivity (Wildman–Crippen MR) is 122 cm³/mol. The third-order valence-corrected chi connectivity index (χ3v) is 6.50. The zero-order valence-electron chi connectivity index (χ0n) is 19.9. The number of aromatic nitrogens is 2. The second-order valence-corrected chi connectivity index (χ2v) is 10.0. The third-order valence-electron chi connectivity index (χ3n) is 5.51. The van der Waals surface area contributed by atoms with Gasteiger partial charge in [-0.25, -0.2) is 14.6 Å². The summed E-state index contributed by atoms with van der Waals surface area (Å²) in [6.45, 7) is 10.3. The lowest BCUT2D eigenvalue weighted by atomic mass is 10.1. The highest BCUT2D eigenvalue weighted by Gasteiger charge is 2.38. The summed E-state index contributed by atoms with van der Waals surface area (Å²) < 4.78 is 65.8. The average Bonchev–Trinajstić information content (AvgIpc) is 3.50. The second-order valence-electron chi connectivity index (χ2n) is 8.66. The largest absolute Gasteiger partial charge is 0.490 e. The summed E-state index contributed by atoms with van der Waals surface area (Å²) in [5, 5.41) is 14.2. The summed E-state index contributed by atoms with van der Waals surface area (Å²) >= 11 is 1.93. The smallest absolute Gasteiger partial charge is 0.475 e. The molecule has 1 unspecified atom stereocenters. The van der Waals surface area contributed by atoms with Crippen LogP contribution >= 0.6 is 11.3 Å². The van der Waals surface area contributed by atoms with E-state index < -0.39 is 24.3 Å². The molecule has 0 saturated carbocycles. The van der Waals surface area contributed by atoms with Gasteiger partial charge in [0.05, 0.1) is 6.54 Å². The molecule has 0 amide bonds. The number of imidazole rings is 1. The summed E-state index contributed by atoms with van der Waals surface area (Å²) in [4.78, 5) is 30.5. The number of aryl methyl sites for hydroxylation is 1. The van der Waals surface area contributed by atoms with Gasteiger partial charge in [0.2, 0.25) is 0 Å². The Balaban J connectivity index is 0.000000286. The molecule has 8 nitrogen and oxygen atoms in total. The van der Waals surface area contributed by atoms with Crippen LogP contribution in [0.2, 0.25) is 0 Å². The van der Waals surface area contributed by atoms with Crippen LogP contribution in [0.5, 0.6) is 0 Å². The van der Waals surface area contributed by atoms with Gasteiger partial charge in [-0.2, -0.15) is 26.3 Å². The Kier molecular flexibility index (Phi) is 10.9. The van der Waals surface area contributed by atoms with Crippen molar-refractivity contribution in [1.82, 2.24) is 19.4 Å². The number of carboxylic acids is 2.